The van der Waals surface area contributed by atoms with Gasteiger partial charge < -0.3 is 0 Å². The number of carbonyl (C=O) groups is 1. The lowest BCUT2D eigenvalue weighted by molar-refractivity contribution is -0.118. The number of ketones is 1. The number of halogens is 1. The minimum atomic E-state index is -0.346. The molecular formula is C10H12FNO. The molecule has 13 heavy (non-hydrogen) atoms. The number of aromatic nitrogens is 1. The van der Waals surface area contributed by atoms with E-state index in [1.54, 1.807) is 6.20 Å². The van der Waals surface area contributed by atoms with Crippen molar-refractivity contribution in [1.29, 1.82) is 0 Å². The summed E-state index contributed by atoms with van der Waals surface area (Å²) in [7, 11) is 0. The molecule has 0 N–H and O–H groups in total. The van der Waals surface area contributed by atoms with Gasteiger partial charge in [0.1, 0.15) is 11.6 Å². The Hall–Kier alpha value is -1.25. The Balaban J connectivity index is 2.50. The molecule has 0 spiro atoms. The van der Waals surface area contributed by atoms with Gasteiger partial charge in [0.2, 0.25) is 0 Å². The highest BCUT2D eigenvalue weighted by Gasteiger charge is 2.00. The first-order chi connectivity index (χ1) is 6.22. The molecule has 0 amide bonds. The molecule has 0 radical (unpaired) electrons. The van der Waals surface area contributed by atoms with Crippen LogP contribution in [0.3, 0.4) is 0 Å². The van der Waals surface area contributed by atoms with Crippen molar-refractivity contribution in [2.75, 3.05) is 0 Å². The Bertz CT molecular complexity index is 299. The molecule has 1 aromatic rings. The number of rotatable bonds is 4. The highest BCUT2D eigenvalue weighted by molar-refractivity contribution is 5.78. The molecule has 0 aliphatic rings. The molecule has 0 bridgehead atoms. The van der Waals surface area contributed by atoms with Crippen molar-refractivity contribution in [3.63, 3.8) is 0 Å². The Kier molecular flexibility index (Phi) is 3.55. The monoisotopic (exact) mass is 181 g/mol. The highest BCUT2D eigenvalue weighted by atomic mass is 19.1. The van der Waals surface area contributed by atoms with E-state index in [-0.39, 0.29) is 11.6 Å². The fraction of sp³-hybridized carbons (Fsp3) is 0.400. The summed E-state index contributed by atoms with van der Waals surface area (Å²) >= 11 is 0. The summed E-state index contributed by atoms with van der Waals surface area (Å²) in [4.78, 5) is 14.7. The summed E-state index contributed by atoms with van der Waals surface area (Å²) < 4.78 is 12.6. The Labute approximate surface area is 76.8 Å². The number of hydrogen-bond acceptors (Lipinski definition) is 2. The van der Waals surface area contributed by atoms with Crippen LogP contribution in [0.2, 0.25) is 0 Å². The van der Waals surface area contributed by atoms with Crippen molar-refractivity contribution in [3.05, 3.63) is 29.8 Å². The normalized spacial score (nSPS) is 10.0. The van der Waals surface area contributed by atoms with E-state index in [2.05, 4.69) is 4.98 Å². The van der Waals surface area contributed by atoms with E-state index in [1.165, 1.54) is 6.07 Å². The standard InChI is InChI=1S/C10H12FNO/c1-2-10(13)4-3-8-5-9(11)7-12-6-8/h5-7H,2-4H2,1H3. The summed E-state index contributed by atoms with van der Waals surface area (Å²) in [5, 5.41) is 0. The van der Waals surface area contributed by atoms with Crippen molar-refractivity contribution in [3.8, 4) is 0 Å². The third-order valence-electron chi connectivity index (χ3n) is 1.85. The molecule has 2 nitrogen and oxygen atoms in total. The Morgan fingerprint density at radius 3 is 2.92 bits per heavy atom. The fourth-order valence-corrected chi connectivity index (χ4v) is 1.05. The first kappa shape index (κ1) is 9.84. The molecule has 3 heteroatoms. The van der Waals surface area contributed by atoms with E-state index in [0.29, 0.717) is 19.3 Å². The van der Waals surface area contributed by atoms with Gasteiger partial charge in [-0.1, -0.05) is 6.92 Å². The summed E-state index contributed by atoms with van der Waals surface area (Å²) in [6, 6.07) is 1.41. The molecule has 0 fully saturated rings. The van der Waals surface area contributed by atoms with Gasteiger partial charge in [-0.05, 0) is 18.1 Å². The van der Waals surface area contributed by atoms with Crippen LogP contribution < -0.4 is 0 Å². The Morgan fingerprint density at radius 1 is 1.54 bits per heavy atom. The van der Waals surface area contributed by atoms with Crippen LogP contribution in [0.25, 0.3) is 0 Å². The fourth-order valence-electron chi connectivity index (χ4n) is 1.05. The van der Waals surface area contributed by atoms with Crippen LogP contribution in [-0.2, 0) is 11.2 Å². The van der Waals surface area contributed by atoms with E-state index in [9.17, 15) is 9.18 Å². The number of hydrogen-bond donors (Lipinski definition) is 0. The van der Waals surface area contributed by atoms with E-state index in [0.717, 1.165) is 11.8 Å². The molecule has 1 heterocycles. The number of carbonyl (C=O) groups excluding carboxylic acids is 1. The summed E-state index contributed by atoms with van der Waals surface area (Å²) in [5.74, 6) is -0.147. The first-order valence-corrected chi connectivity index (χ1v) is 4.33. The van der Waals surface area contributed by atoms with E-state index < -0.39 is 0 Å². The van der Waals surface area contributed by atoms with Crippen molar-refractivity contribution in [2.45, 2.75) is 26.2 Å². The smallest absolute Gasteiger partial charge is 0.141 e. The summed E-state index contributed by atoms with van der Waals surface area (Å²) in [6.07, 6.45) is 4.35. The third-order valence-corrected chi connectivity index (χ3v) is 1.85. The number of nitrogens with zero attached hydrogens (tertiary/aromatic N) is 1. The maximum Gasteiger partial charge on any atom is 0.141 e. The largest absolute Gasteiger partial charge is 0.300 e. The predicted molar refractivity (Wildman–Crippen MR) is 47.8 cm³/mol. The van der Waals surface area contributed by atoms with Gasteiger partial charge in [0, 0.05) is 19.0 Å². The van der Waals surface area contributed by atoms with Gasteiger partial charge in [0.25, 0.3) is 0 Å². The molecule has 0 aliphatic heterocycles. The van der Waals surface area contributed by atoms with Gasteiger partial charge >= 0.3 is 0 Å². The molecule has 1 aromatic heterocycles. The van der Waals surface area contributed by atoms with Gasteiger partial charge in [-0.25, -0.2) is 4.39 Å². The lowest BCUT2D eigenvalue weighted by Crippen LogP contribution is -1.98. The summed E-state index contributed by atoms with van der Waals surface area (Å²) in [6.45, 7) is 1.83. The zero-order valence-electron chi connectivity index (χ0n) is 7.59. The average molecular weight is 181 g/mol. The van der Waals surface area contributed by atoms with E-state index in [4.69, 9.17) is 0 Å². The number of Topliss-reactive ketones (excluding diaryl/α,β-unsaturated/α-hetero) is 1. The van der Waals surface area contributed by atoms with Crippen LogP contribution in [-0.4, -0.2) is 10.8 Å². The van der Waals surface area contributed by atoms with Crippen LogP contribution in [0.5, 0.6) is 0 Å². The van der Waals surface area contributed by atoms with Crippen molar-refractivity contribution >= 4 is 5.78 Å². The molecule has 0 unspecified atom stereocenters. The molecule has 0 atom stereocenters. The second kappa shape index (κ2) is 4.70. The lowest BCUT2D eigenvalue weighted by Gasteiger charge is -1.98. The second-order valence-corrected chi connectivity index (χ2v) is 2.90. The quantitative estimate of drug-likeness (QED) is 0.712. The van der Waals surface area contributed by atoms with Crippen molar-refractivity contribution in [2.24, 2.45) is 0 Å². The van der Waals surface area contributed by atoms with Crippen molar-refractivity contribution < 1.29 is 9.18 Å². The summed E-state index contributed by atoms with van der Waals surface area (Å²) in [5.41, 5.74) is 0.779. The van der Waals surface area contributed by atoms with E-state index in [1.807, 2.05) is 6.92 Å². The molecule has 70 valence electrons. The van der Waals surface area contributed by atoms with Crippen LogP contribution >= 0.6 is 0 Å². The van der Waals surface area contributed by atoms with Crippen LogP contribution in [0.1, 0.15) is 25.3 Å². The van der Waals surface area contributed by atoms with Gasteiger partial charge in [-0.2, -0.15) is 0 Å². The van der Waals surface area contributed by atoms with Crippen LogP contribution in [0.4, 0.5) is 4.39 Å². The Morgan fingerprint density at radius 2 is 2.31 bits per heavy atom. The van der Waals surface area contributed by atoms with Crippen LogP contribution in [0, 0.1) is 5.82 Å². The third kappa shape index (κ3) is 3.32. The second-order valence-electron chi connectivity index (χ2n) is 2.90. The first-order valence-electron chi connectivity index (χ1n) is 4.33. The van der Waals surface area contributed by atoms with Gasteiger partial charge in [-0.15, -0.1) is 0 Å². The SMILES string of the molecule is CCC(=O)CCc1cncc(F)c1. The number of aryl methyl sites for hydroxylation is 1. The minimum absolute atomic E-state index is 0.198. The maximum atomic E-state index is 12.6. The van der Waals surface area contributed by atoms with Gasteiger partial charge in [0.05, 0.1) is 6.20 Å². The maximum absolute atomic E-state index is 12.6. The van der Waals surface area contributed by atoms with Gasteiger partial charge in [-0.3, -0.25) is 9.78 Å². The highest BCUT2D eigenvalue weighted by Crippen LogP contribution is 2.04. The zero-order chi connectivity index (χ0) is 9.68. The zero-order valence-corrected chi connectivity index (χ0v) is 7.59. The van der Waals surface area contributed by atoms with Crippen molar-refractivity contribution in [1.82, 2.24) is 4.98 Å². The molecule has 0 saturated heterocycles. The molecule has 1 rings (SSSR count). The van der Waals surface area contributed by atoms with E-state index >= 15 is 0 Å². The molecular weight excluding hydrogens is 169 g/mol. The molecule has 0 aromatic carbocycles. The van der Waals surface area contributed by atoms with Crippen LogP contribution in [0.15, 0.2) is 18.5 Å². The molecule has 0 saturated carbocycles. The molecule has 0 aliphatic carbocycles. The lowest BCUT2D eigenvalue weighted by atomic mass is 10.1. The van der Waals surface area contributed by atoms with Gasteiger partial charge in [0.15, 0.2) is 0 Å². The predicted octanol–water partition coefficient (Wildman–Crippen LogP) is 2.13. The number of pyridine rings is 1. The average Bonchev–Trinajstić information content (AvgIpc) is 2.14. The topological polar surface area (TPSA) is 30.0 Å². The minimum Gasteiger partial charge on any atom is -0.300 e.